The minimum atomic E-state index is -3.55. The van der Waals surface area contributed by atoms with E-state index in [1.165, 1.54) is 43.3 Å². The molecule has 0 unspecified atom stereocenters. The van der Waals surface area contributed by atoms with E-state index in [9.17, 15) is 18.0 Å². The summed E-state index contributed by atoms with van der Waals surface area (Å²) in [6.07, 6.45) is 0. The molecule has 2 rings (SSSR count). The first-order chi connectivity index (χ1) is 12.2. The predicted octanol–water partition coefficient (Wildman–Crippen LogP) is 1.33. The van der Waals surface area contributed by atoms with Gasteiger partial charge in [-0.1, -0.05) is 18.2 Å². The van der Waals surface area contributed by atoms with Gasteiger partial charge in [-0.2, -0.15) is 0 Å². The number of carbonyl (C=O) groups is 2. The second-order valence-electron chi connectivity index (χ2n) is 5.78. The van der Waals surface area contributed by atoms with Crippen LogP contribution in [0.2, 0.25) is 0 Å². The molecular weight excluding hydrogens is 354 g/mol. The van der Waals surface area contributed by atoms with Gasteiger partial charge in [0.05, 0.1) is 11.4 Å². The molecule has 0 radical (unpaired) electrons. The minimum Gasteiger partial charge on any atom is -0.343 e. The first-order valence-electron chi connectivity index (χ1n) is 7.86. The summed E-state index contributed by atoms with van der Waals surface area (Å²) in [5.41, 5.74) is 1.00. The average Bonchev–Trinajstić information content (AvgIpc) is 2.65. The summed E-state index contributed by atoms with van der Waals surface area (Å²) in [6, 6.07) is 14.6. The van der Waals surface area contributed by atoms with E-state index in [1.807, 2.05) is 18.2 Å². The van der Waals surface area contributed by atoms with Crippen molar-refractivity contribution in [1.29, 1.82) is 0 Å². The molecule has 26 heavy (non-hydrogen) atoms. The molecule has 0 aliphatic heterocycles. The summed E-state index contributed by atoms with van der Waals surface area (Å²) < 4.78 is 25.1. The third-order valence-electron chi connectivity index (χ3n) is 3.81. The third-order valence-corrected chi connectivity index (χ3v) is 5.64. The number of anilines is 1. The van der Waals surface area contributed by atoms with Crippen molar-refractivity contribution in [3.05, 3.63) is 60.2 Å². The lowest BCUT2D eigenvalue weighted by atomic mass is 10.2. The minimum absolute atomic E-state index is 0.0962. The van der Waals surface area contributed by atoms with Crippen LogP contribution in [0.5, 0.6) is 0 Å². The zero-order valence-electron chi connectivity index (χ0n) is 14.8. The van der Waals surface area contributed by atoms with E-state index in [4.69, 9.17) is 0 Å². The molecule has 0 saturated carbocycles. The number of rotatable bonds is 6. The molecule has 1 N–H and O–H groups in total. The van der Waals surface area contributed by atoms with Gasteiger partial charge in [-0.25, -0.2) is 12.7 Å². The van der Waals surface area contributed by atoms with Gasteiger partial charge in [0, 0.05) is 32.4 Å². The van der Waals surface area contributed by atoms with Gasteiger partial charge in [-0.3, -0.25) is 9.59 Å². The summed E-state index contributed by atoms with van der Waals surface area (Å²) >= 11 is 0. The van der Waals surface area contributed by atoms with E-state index < -0.39 is 15.9 Å². The number of benzene rings is 2. The number of carbonyl (C=O) groups excluding carboxylic acids is 2. The van der Waals surface area contributed by atoms with Crippen LogP contribution in [0.15, 0.2) is 59.5 Å². The number of likely N-dealkylation sites (N-methyl/N-ethyl adjacent to an activating group) is 1. The summed E-state index contributed by atoms with van der Waals surface area (Å²) in [5, 5.41) is 2.54. The molecule has 138 valence electrons. The lowest BCUT2D eigenvalue weighted by Crippen LogP contribution is -2.38. The van der Waals surface area contributed by atoms with Crippen molar-refractivity contribution < 1.29 is 18.0 Å². The van der Waals surface area contributed by atoms with Gasteiger partial charge in [-0.05, 0) is 36.4 Å². The Morgan fingerprint density at radius 3 is 2.04 bits per heavy atom. The van der Waals surface area contributed by atoms with Gasteiger partial charge in [0.2, 0.25) is 15.9 Å². The van der Waals surface area contributed by atoms with E-state index in [2.05, 4.69) is 5.32 Å². The first-order valence-corrected chi connectivity index (χ1v) is 9.30. The molecular formula is C18H21N3O4S. The quantitative estimate of drug-likeness (QED) is 0.825. The molecule has 0 aliphatic carbocycles. The zero-order valence-corrected chi connectivity index (χ0v) is 15.7. The highest BCUT2D eigenvalue weighted by atomic mass is 32.2. The lowest BCUT2D eigenvalue weighted by Gasteiger charge is -2.17. The Hall–Kier alpha value is -2.71. The predicted molar refractivity (Wildman–Crippen MR) is 99.5 cm³/mol. The number of para-hydroxylation sites is 1. The Morgan fingerprint density at radius 2 is 1.50 bits per heavy atom. The summed E-state index contributed by atoms with van der Waals surface area (Å²) in [5.74, 6) is -0.718. The molecule has 0 spiro atoms. The maximum absolute atomic E-state index is 12.2. The molecule has 0 heterocycles. The van der Waals surface area contributed by atoms with E-state index in [1.54, 1.807) is 19.2 Å². The SMILES string of the molecule is CN(C(=O)CNC(=O)c1ccc(S(=O)(=O)N(C)C)cc1)c1ccccc1. The summed E-state index contributed by atoms with van der Waals surface area (Å²) in [7, 11) is 0.954. The van der Waals surface area contributed by atoms with Gasteiger partial charge in [0.1, 0.15) is 0 Å². The Labute approximate surface area is 153 Å². The van der Waals surface area contributed by atoms with Crippen LogP contribution in [0.1, 0.15) is 10.4 Å². The highest BCUT2D eigenvalue weighted by Crippen LogP contribution is 2.14. The van der Waals surface area contributed by atoms with Crippen molar-refractivity contribution in [2.45, 2.75) is 4.90 Å². The second-order valence-corrected chi connectivity index (χ2v) is 7.93. The Kier molecular flexibility index (Phi) is 6.12. The van der Waals surface area contributed by atoms with Crippen LogP contribution in [0, 0.1) is 0 Å². The van der Waals surface area contributed by atoms with Crippen molar-refractivity contribution in [3.63, 3.8) is 0 Å². The molecule has 0 fully saturated rings. The largest absolute Gasteiger partial charge is 0.343 e. The van der Waals surface area contributed by atoms with Crippen LogP contribution >= 0.6 is 0 Å². The molecule has 0 bridgehead atoms. The van der Waals surface area contributed by atoms with Gasteiger partial charge in [0.15, 0.2) is 0 Å². The number of hydrogen-bond donors (Lipinski definition) is 1. The maximum atomic E-state index is 12.2. The van der Waals surface area contributed by atoms with Crippen LogP contribution in [0.3, 0.4) is 0 Å². The summed E-state index contributed by atoms with van der Waals surface area (Å²) in [6.45, 7) is -0.165. The molecule has 0 saturated heterocycles. The molecule has 0 aromatic heterocycles. The van der Waals surface area contributed by atoms with Crippen LogP contribution in [0.4, 0.5) is 5.69 Å². The van der Waals surface area contributed by atoms with E-state index in [0.717, 1.165) is 9.99 Å². The van der Waals surface area contributed by atoms with Crippen molar-refractivity contribution in [2.24, 2.45) is 0 Å². The van der Waals surface area contributed by atoms with Crippen molar-refractivity contribution in [3.8, 4) is 0 Å². The number of amides is 2. The maximum Gasteiger partial charge on any atom is 0.251 e. The smallest absolute Gasteiger partial charge is 0.251 e. The third kappa shape index (κ3) is 4.47. The first kappa shape index (κ1) is 19.6. The van der Waals surface area contributed by atoms with Crippen LogP contribution < -0.4 is 10.2 Å². The van der Waals surface area contributed by atoms with Crippen LogP contribution in [-0.2, 0) is 14.8 Å². The lowest BCUT2D eigenvalue weighted by molar-refractivity contribution is -0.117. The Balaban J connectivity index is 1.99. The van der Waals surface area contributed by atoms with Crippen molar-refractivity contribution in [1.82, 2.24) is 9.62 Å². The van der Waals surface area contributed by atoms with Gasteiger partial charge in [-0.15, -0.1) is 0 Å². The van der Waals surface area contributed by atoms with E-state index in [0.29, 0.717) is 0 Å². The number of nitrogens with one attached hydrogen (secondary N) is 1. The highest BCUT2D eigenvalue weighted by Gasteiger charge is 2.18. The molecule has 0 atom stereocenters. The standard InChI is InChI=1S/C18H21N3O4S/c1-20(2)26(24,25)16-11-9-14(10-12-16)18(23)19-13-17(22)21(3)15-7-5-4-6-8-15/h4-12H,13H2,1-3H3,(H,19,23). The van der Waals surface area contributed by atoms with Crippen LogP contribution in [-0.4, -0.2) is 52.2 Å². The fraction of sp³-hybridized carbons (Fsp3) is 0.222. The second kappa shape index (κ2) is 8.11. The monoisotopic (exact) mass is 375 g/mol. The van der Waals surface area contributed by atoms with E-state index in [-0.39, 0.29) is 22.9 Å². The zero-order chi connectivity index (χ0) is 19.3. The molecule has 8 heteroatoms. The Bertz CT molecular complexity index is 878. The molecule has 2 aromatic carbocycles. The number of nitrogens with zero attached hydrogens (tertiary/aromatic N) is 2. The summed E-state index contributed by atoms with van der Waals surface area (Å²) in [4.78, 5) is 25.9. The fourth-order valence-corrected chi connectivity index (χ4v) is 3.06. The molecule has 7 nitrogen and oxygen atoms in total. The van der Waals surface area contributed by atoms with Crippen LogP contribution in [0.25, 0.3) is 0 Å². The van der Waals surface area contributed by atoms with E-state index >= 15 is 0 Å². The molecule has 2 aromatic rings. The topological polar surface area (TPSA) is 86.8 Å². The number of hydrogen-bond acceptors (Lipinski definition) is 4. The molecule has 2 amide bonds. The van der Waals surface area contributed by atoms with Gasteiger partial charge < -0.3 is 10.2 Å². The number of sulfonamides is 1. The highest BCUT2D eigenvalue weighted by molar-refractivity contribution is 7.89. The van der Waals surface area contributed by atoms with Gasteiger partial charge in [0.25, 0.3) is 5.91 Å². The Morgan fingerprint density at radius 1 is 0.923 bits per heavy atom. The molecule has 0 aliphatic rings. The van der Waals surface area contributed by atoms with Crippen molar-refractivity contribution >= 4 is 27.5 Å². The average molecular weight is 375 g/mol. The van der Waals surface area contributed by atoms with Gasteiger partial charge >= 0.3 is 0 Å². The fourth-order valence-electron chi connectivity index (χ4n) is 2.16. The van der Waals surface area contributed by atoms with Crippen molar-refractivity contribution in [2.75, 3.05) is 32.6 Å². The normalized spacial score (nSPS) is 11.2.